The van der Waals surface area contributed by atoms with Gasteiger partial charge in [0.05, 0.1) is 18.4 Å². The summed E-state index contributed by atoms with van der Waals surface area (Å²) in [5.41, 5.74) is 6.64. The first-order valence-electron chi connectivity index (χ1n) is 10.6. The fourth-order valence-corrected chi connectivity index (χ4v) is 3.17. The third kappa shape index (κ3) is 6.38. The Morgan fingerprint density at radius 1 is 1.06 bits per heavy atom. The minimum atomic E-state index is -1.09. The van der Waals surface area contributed by atoms with Gasteiger partial charge in [-0.05, 0) is 47.5 Å². The molecule has 0 spiro atoms. The van der Waals surface area contributed by atoms with Crippen molar-refractivity contribution < 1.29 is 33.4 Å². The molecule has 0 radical (unpaired) electrons. The van der Waals surface area contributed by atoms with Crippen molar-refractivity contribution in [2.24, 2.45) is 0 Å². The van der Waals surface area contributed by atoms with Crippen LogP contribution in [0.5, 0.6) is 11.5 Å². The van der Waals surface area contributed by atoms with Gasteiger partial charge in [-0.25, -0.2) is 9.18 Å². The molecule has 0 bridgehead atoms. The van der Waals surface area contributed by atoms with Crippen molar-refractivity contribution >= 4 is 23.5 Å². The number of halogens is 1. The molecule has 0 fully saturated rings. The van der Waals surface area contributed by atoms with Crippen LogP contribution in [0.2, 0.25) is 0 Å². The second-order valence-corrected chi connectivity index (χ2v) is 7.60. The van der Waals surface area contributed by atoms with E-state index in [0.29, 0.717) is 11.3 Å². The molecule has 0 heterocycles. The van der Waals surface area contributed by atoms with Crippen LogP contribution >= 0.6 is 0 Å². The van der Waals surface area contributed by atoms with Crippen LogP contribution in [0.15, 0.2) is 72.9 Å². The Bertz CT molecular complexity index is 1310. The molecule has 10 heteroatoms. The van der Waals surface area contributed by atoms with Crippen LogP contribution in [0, 0.1) is 5.82 Å². The number of hydrogen-bond acceptors (Lipinski definition) is 6. The number of carboxylic acid groups (broad SMARTS) is 1. The third-order valence-electron chi connectivity index (χ3n) is 5.08. The lowest BCUT2D eigenvalue weighted by atomic mass is 10.1. The summed E-state index contributed by atoms with van der Waals surface area (Å²) in [6.07, 6.45) is 0. The van der Waals surface area contributed by atoms with Crippen molar-refractivity contribution in [3.63, 3.8) is 0 Å². The molecule has 0 atom stereocenters. The van der Waals surface area contributed by atoms with Crippen LogP contribution in [0.25, 0.3) is 0 Å². The number of nitrogens with one attached hydrogen (secondary N) is 2. The summed E-state index contributed by atoms with van der Waals surface area (Å²) >= 11 is 0. The van der Waals surface area contributed by atoms with Gasteiger partial charge in [0.2, 0.25) is 0 Å². The number of amides is 2. The first-order chi connectivity index (χ1) is 17.2. The Hall–Kier alpha value is -4.86. The van der Waals surface area contributed by atoms with Gasteiger partial charge in [0.15, 0.2) is 11.6 Å². The van der Waals surface area contributed by atoms with Crippen molar-refractivity contribution in [3.05, 3.63) is 101 Å². The predicted molar refractivity (Wildman–Crippen MR) is 130 cm³/mol. The molecular formula is C26H24FN3O6. The van der Waals surface area contributed by atoms with E-state index in [9.17, 15) is 18.8 Å². The standard InChI is InChI=1S/C26H24FN3O6/c1-15(24(31)29-13-17-4-3-5-19(12-17)35-2)30-25(32)22-21(28)11-10-20(27)23(22)36-14-16-6-8-18(9-7-16)26(33)34/h3-12H,1,13-14,28H2,2H3,(H,29,31)(H,30,32)(H,33,34). The van der Waals surface area contributed by atoms with Crippen LogP contribution in [0.1, 0.15) is 31.8 Å². The van der Waals surface area contributed by atoms with E-state index in [4.69, 9.17) is 20.3 Å². The molecule has 36 heavy (non-hydrogen) atoms. The largest absolute Gasteiger partial charge is 0.497 e. The highest BCUT2D eigenvalue weighted by Gasteiger charge is 2.22. The molecule has 0 aliphatic heterocycles. The molecule has 0 aliphatic rings. The average molecular weight is 493 g/mol. The molecular weight excluding hydrogens is 469 g/mol. The van der Waals surface area contributed by atoms with E-state index in [1.807, 2.05) is 0 Å². The van der Waals surface area contributed by atoms with Gasteiger partial charge in [-0.15, -0.1) is 0 Å². The maximum Gasteiger partial charge on any atom is 0.335 e. The lowest BCUT2D eigenvalue weighted by Gasteiger charge is -2.15. The third-order valence-corrected chi connectivity index (χ3v) is 5.08. The molecule has 0 saturated heterocycles. The number of nitrogens with two attached hydrogens (primary N) is 1. The van der Waals surface area contributed by atoms with Crippen LogP contribution in [0.4, 0.5) is 10.1 Å². The van der Waals surface area contributed by atoms with Crippen LogP contribution < -0.4 is 25.8 Å². The van der Waals surface area contributed by atoms with Crippen LogP contribution in [-0.2, 0) is 17.9 Å². The molecule has 0 aromatic heterocycles. The highest BCUT2D eigenvalue weighted by molar-refractivity contribution is 6.06. The summed E-state index contributed by atoms with van der Waals surface area (Å²) in [7, 11) is 1.53. The van der Waals surface area contributed by atoms with Gasteiger partial charge < -0.3 is 30.9 Å². The van der Waals surface area contributed by atoms with E-state index in [2.05, 4.69) is 17.2 Å². The summed E-state index contributed by atoms with van der Waals surface area (Å²) in [4.78, 5) is 36.3. The molecule has 5 N–H and O–H groups in total. The van der Waals surface area contributed by atoms with Gasteiger partial charge in [0.25, 0.3) is 11.8 Å². The highest BCUT2D eigenvalue weighted by Crippen LogP contribution is 2.29. The number of carbonyl (C=O) groups is 3. The van der Waals surface area contributed by atoms with E-state index >= 15 is 0 Å². The Kier molecular flexibility index (Phi) is 8.24. The van der Waals surface area contributed by atoms with E-state index in [1.165, 1.54) is 37.4 Å². The number of methoxy groups -OCH3 is 1. The van der Waals surface area contributed by atoms with E-state index in [0.717, 1.165) is 11.6 Å². The number of nitrogen functional groups attached to an aromatic ring is 1. The number of rotatable bonds is 10. The number of aromatic carboxylic acids is 1. The molecule has 2 amide bonds. The minimum absolute atomic E-state index is 0.0743. The minimum Gasteiger partial charge on any atom is -0.497 e. The molecule has 9 nitrogen and oxygen atoms in total. The van der Waals surface area contributed by atoms with Gasteiger partial charge in [-0.3, -0.25) is 9.59 Å². The number of carbonyl (C=O) groups excluding carboxylic acids is 2. The van der Waals surface area contributed by atoms with E-state index < -0.39 is 29.4 Å². The number of anilines is 1. The molecule has 186 valence electrons. The lowest BCUT2D eigenvalue weighted by Crippen LogP contribution is -2.34. The van der Waals surface area contributed by atoms with Crippen LogP contribution in [0.3, 0.4) is 0 Å². The fraction of sp³-hybridized carbons (Fsp3) is 0.115. The van der Waals surface area contributed by atoms with Gasteiger partial charge in [0.1, 0.15) is 17.9 Å². The Labute approximate surface area is 206 Å². The summed E-state index contributed by atoms with van der Waals surface area (Å²) in [5.74, 6) is -3.26. The zero-order valence-corrected chi connectivity index (χ0v) is 19.3. The monoisotopic (exact) mass is 493 g/mol. The maximum atomic E-state index is 14.6. The highest BCUT2D eigenvalue weighted by atomic mass is 19.1. The SMILES string of the molecule is C=C(NC(=O)c1c(N)ccc(F)c1OCc1ccc(C(=O)O)cc1)C(=O)NCc1cccc(OC)c1. The Balaban J connectivity index is 1.68. The summed E-state index contributed by atoms with van der Waals surface area (Å²) in [6.45, 7) is 3.56. The van der Waals surface area contributed by atoms with Gasteiger partial charge >= 0.3 is 5.97 Å². The maximum absolute atomic E-state index is 14.6. The molecule has 0 unspecified atom stereocenters. The smallest absolute Gasteiger partial charge is 0.335 e. The summed E-state index contributed by atoms with van der Waals surface area (Å²) in [5, 5.41) is 13.9. The van der Waals surface area contributed by atoms with Crippen molar-refractivity contribution in [2.45, 2.75) is 13.2 Å². The summed E-state index contributed by atoms with van der Waals surface area (Å²) < 4.78 is 25.2. The molecule has 0 saturated carbocycles. The van der Waals surface area contributed by atoms with Crippen molar-refractivity contribution in [1.82, 2.24) is 10.6 Å². The van der Waals surface area contributed by atoms with Crippen molar-refractivity contribution in [3.8, 4) is 11.5 Å². The van der Waals surface area contributed by atoms with Crippen molar-refractivity contribution in [1.29, 1.82) is 0 Å². The van der Waals surface area contributed by atoms with Gasteiger partial charge in [-0.1, -0.05) is 30.8 Å². The summed E-state index contributed by atoms with van der Waals surface area (Å²) in [6, 6.07) is 15.1. The quantitative estimate of drug-likeness (QED) is 0.251. The molecule has 3 rings (SSSR count). The van der Waals surface area contributed by atoms with E-state index in [1.54, 1.807) is 24.3 Å². The second kappa shape index (κ2) is 11.5. The number of benzene rings is 3. The molecule has 3 aromatic carbocycles. The topological polar surface area (TPSA) is 140 Å². The Morgan fingerprint density at radius 2 is 1.78 bits per heavy atom. The number of hydrogen-bond donors (Lipinski definition) is 4. The zero-order chi connectivity index (χ0) is 26.2. The van der Waals surface area contributed by atoms with E-state index in [-0.39, 0.29) is 35.7 Å². The number of ether oxygens (including phenoxy) is 2. The normalized spacial score (nSPS) is 10.3. The predicted octanol–water partition coefficient (Wildman–Crippen LogP) is 3.25. The average Bonchev–Trinajstić information content (AvgIpc) is 2.87. The number of carboxylic acids is 1. The fourth-order valence-electron chi connectivity index (χ4n) is 3.17. The first kappa shape index (κ1) is 25.8. The van der Waals surface area contributed by atoms with Crippen LogP contribution in [-0.4, -0.2) is 30.0 Å². The molecule has 0 aliphatic carbocycles. The van der Waals surface area contributed by atoms with Crippen molar-refractivity contribution in [2.75, 3.05) is 12.8 Å². The second-order valence-electron chi connectivity index (χ2n) is 7.60. The zero-order valence-electron chi connectivity index (χ0n) is 19.3. The Morgan fingerprint density at radius 3 is 2.44 bits per heavy atom. The molecule has 3 aromatic rings. The van der Waals surface area contributed by atoms with Gasteiger partial charge in [-0.2, -0.15) is 0 Å². The lowest BCUT2D eigenvalue weighted by molar-refractivity contribution is -0.117. The van der Waals surface area contributed by atoms with Gasteiger partial charge in [0, 0.05) is 12.2 Å². The first-order valence-corrected chi connectivity index (χ1v) is 10.6.